The Morgan fingerprint density at radius 2 is 1.67 bits per heavy atom. The summed E-state index contributed by atoms with van der Waals surface area (Å²) in [6.45, 7) is 2.41. The average molecular weight is 370 g/mol. The smallest absolute Gasteiger partial charge is 0.243 e. The molecule has 0 aliphatic carbocycles. The number of hydrogen-bond acceptors (Lipinski definition) is 4. The second-order valence-corrected chi connectivity index (χ2v) is 5.96. The Balaban J connectivity index is 1.63. The Bertz CT molecular complexity index is 744. The van der Waals surface area contributed by atoms with E-state index in [4.69, 9.17) is 9.47 Å². The van der Waals surface area contributed by atoms with Gasteiger partial charge in [-0.05, 0) is 48.7 Å². The molecule has 0 aliphatic rings. The Morgan fingerprint density at radius 3 is 2.37 bits per heavy atom. The van der Waals surface area contributed by atoms with Crippen molar-refractivity contribution >= 4 is 17.5 Å². The highest BCUT2D eigenvalue weighted by molar-refractivity contribution is 5.95. The Hall–Kier alpha value is -3.02. The second-order valence-electron chi connectivity index (χ2n) is 5.96. The number of ether oxygens (including phenoxy) is 2. The van der Waals surface area contributed by atoms with Crippen LogP contribution in [0.3, 0.4) is 0 Å². The zero-order chi connectivity index (χ0) is 19.5. The van der Waals surface area contributed by atoms with Gasteiger partial charge in [-0.3, -0.25) is 9.59 Å². The molecule has 0 unspecified atom stereocenters. The van der Waals surface area contributed by atoms with Crippen LogP contribution in [0.2, 0.25) is 0 Å². The van der Waals surface area contributed by atoms with Gasteiger partial charge in [0.25, 0.3) is 0 Å². The molecule has 2 N–H and O–H groups in total. The summed E-state index contributed by atoms with van der Waals surface area (Å²) in [4.78, 5) is 23.8. The number of para-hydroxylation sites is 1. The minimum absolute atomic E-state index is 0.0454. The van der Waals surface area contributed by atoms with Gasteiger partial charge < -0.3 is 20.1 Å². The number of benzene rings is 2. The first kappa shape index (κ1) is 20.3. The topological polar surface area (TPSA) is 76.7 Å². The molecule has 2 aromatic rings. The van der Waals surface area contributed by atoms with Gasteiger partial charge in [0.2, 0.25) is 11.8 Å². The summed E-state index contributed by atoms with van der Waals surface area (Å²) in [5.74, 6) is 1.08. The standard InChI is InChI=1S/C21H26N2O4/c1-3-16-7-4-5-8-19(16)23-21(25)15-22-20(24)9-6-14-27-18-12-10-17(26-2)11-13-18/h4-5,7-8,10-13H,3,6,9,14-15H2,1-2H3,(H,22,24)(H,23,25). The summed E-state index contributed by atoms with van der Waals surface area (Å²) in [7, 11) is 1.61. The number of carbonyl (C=O) groups is 2. The normalized spacial score (nSPS) is 10.1. The first-order valence-electron chi connectivity index (χ1n) is 9.03. The summed E-state index contributed by atoms with van der Waals surface area (Å²) in [5, 5.41) is 5.46. The third kappa shape index (κ3) is 7.01. The van der Waals surface area contributed by atoms with Crippen molar-refractivity contribution in [2.75, 3.05) is 25.6 Å². The van der Waals surface area contributed by atoms with E-state index in [1.165, 1.54) is 0 Å². The molecule has 0 saturated carbocycles. The van der Waals surface area contributed by atoms with Crippen LogP contribution in [0.4, 0.5) is 5.69 Å². The number of anilines is 1. The van der Waals surface area contributed by atoms with E-state index in [-0.39, 0.29) is 18.4 Å². The SMILES string of the molecule is CCc1ccccc1NC(=O)CNC(=O)CCCOc1ccc(OC)cc1. The summed E-state index contributed by atoms with van der Waals surface area (Å²) in [6.07, 6.45) is 1.70. The van der Waals surface area contributed by atoms with Crippen LogP contribution in [0, 0.1) is 0 Å². The molecule has 0 fully saturated rings. The number of rotatable bonds is 10. The molecule has 0 spiro atoms. The van der Waals surface area contributed by atoms with Gasteiger partial charge >= 0.3 is 0 Å². The van der Waals surface area contributed by atoms with E-state index in [2.05, 4.69) is 10.6 Å². The van der Waals surface area contributed by atoms with E-state index in [0.717, 1.165) is 29.2 Å². The summed E-state index contributed by atoms with van der Waals surface area (Å²) < 4.78 is 10.7. The molecule has 0 aromatic heterocycles. The van der Waals surface area contributed by atoms with Crippen molar-refractivity contribution in [2.24, 2.45) is 0 Å². The lowest BCUT2D eigenvalue weighted by molar-refractivity contribution is -0.124. The molecule has 0 bridgehead atoms. The molecular formula is C21H26N2O4. The van der Waals surface area contributed by atoms with Crippen molar-refractivity contribution in [3.8, 4) is 11.5 Å². The van der Waals surface area contributed by atoms with Crippen LogP contribution in [-0.2, 0) is 16.0 Å². The van der Waals surface area contributed by atoms with Gasteiger partial charge in [-0.1, -0.05) is 25.1 Å². The van der Waals surface area contributed by atoms with Crippen molar-refractivity contribution in [3.63, 3.8) is 0 Å². The Morgan fingerprint density at radius 1 is 0.963 bits per heavy atom. The second kappa shape index (κ2) is 10.9. The van der Waals surface area contributed by atoms with Crippen molar-refractivity contribution in [2.45, 2.75) is 26.2 Å². The maximum atomic E-state index is 12.0. The zero-order valence-electron chi connectivity index (χ0n) is 15.8. The average Bonchev–Trinajstić information content (AvgIpc) is 2.70. The molecule has 2 rings (SSSR count). The molecule has 0 heterocycles. The quantitative estimate of drug-likeness (QED) is 0.630. The van der Waals surface area contributed by atoms with Crippen LogP contribution in [0.5, 0.6) is 11.5 Å². The molecule has 0 aliphatic heterocycles. The molecule has 2 amide bonds. The fourth-order valence-electron chi connectivity index (χ4n) is 2.51. The van der Waals surface area contributed by atoms with Crippen LogP contribution in [0.25, 0.3) is 0 Å². The third-order valence-corrected chi connectivity index (χ3v) is 3.99. The monoisotopic (exact) mass is 370 g/mol. The molecule has 0 radical (unpaired) electrons. The van der Waals surface area contributed by atoms with Gasteiger partial charge in [-0.15, -0.1) is 0 Å². The van der Waals surface area contributed by atoms with E-state index >= 15 is 0 Å². The van der Waals surface area contributed by atoms with Crippen LogP contribution >= 0.6 is 0 Å². The van der Waals surface area contributed by atoms with Crippen LogP contribution in [0.1, 0.15) is 25.3 Å². The molecule has 2 aromatic carbocycles. The molecule has 0 saturated heterocycles. The van der Waals surface area contributed by atoms with Crippen molar-refractivity contribution < 1.29 is 19.1 Å². The minimum Gasteiger partial charge on any atom is -0.497 e. The van der Waals surface area contributed by atoms with Gasteiger partial charge in [0.1, 0.15) is 11.5 Å². The highest BCUT2D eigenvalue weighted by atomic mass is 16.5. The number of amides is 2. The first-order valence-corrected chi connectivity index (χ1v) is 9.03. The van der Waals surface area contributed by atoms with E-state index in [0.29, 0.717) is 19.4 Å². The lowest BCUT2D eigenvalue weighted by Crippen LogP contribution is -2.33. The Labute approximate surface area is 159 Å². The van der Waals surface area contributed by atoms with Crippen molar-refractivity contribution in [1.82, 2.24) is 5.32 Å². The van der Waals surface area contributed by atoms with Gasteiger partial charge in [0.05, 0.1) is 20.3 Å². The van der Waals surface area contributed by atoms with Crippen LogP contribution in [0.15, 0.2) is 48.5 Å². The fourth-order valence-corrected chi connectivity index (χ4v) is 2.51. The van der Waals surface area contributed by atoms with E-state index in [1.807, 2.05) is 55.5 Å². The molecular weight excluding hydrogens is 344 g/mol. The van der Waals surface area contributed by atoms with Crippen LogP contribution < -0.4 is 20.1 Å². The predicted molar refractivity (Wildman–Crippen MR) is 105 cm³/mol. The number of nitrogens with one attached hydrogen (secondary N) is 2. The number of hydrogen-bond donors (Lipinski definition) is 2. The third-order valence-electron chi connectivity index (χ3n) is 3.99. The number of methoxy groups -OCH3 is 1. The van der Waals surface area contributed by atoms with E-state index in [9.17, 15) is 9.59 Å². The lowest BCUT2D eigenvalue weighted by Gasteiger charge is -2.10. The fraction of sp³-hybridized carbons (Fsp3) is 0.333. The number of aryl methyl sites for hydroxylation is 1. The van der Waals surface area contributed by atoms with E-state index < -0.39 is 0 Å². The lowest BCUT2D eigenvalue weighted by atomic mass is 10.1. The molecule has 144 valence electrons. The maximum Gasteiger partial charge on any atom is 0.243 e. The molecule has 6 heteroatoms. The van der Waals surface area contributed by atoms with Gasteiger partial charge in [0.15, 0.2) is 0 Å². The minimum atomic E-state index is -0.237. The molecule has 0 atom stereocenters. The van der Waals surface area contributed by atoms with Crippen molar-refractivity contribution in [3.05, 3.63) is 54.1 Å². The maximum absolute atomic E-state index is 12.0. The first-order chi connectivity index (χ1) is 13.1. The predicted octanol–water partition coefficient (Wildman–Crippen LogP) is 3.17. The summed E-state index contributed by atoms with van der Waals surface area (Å²) >= 11 is 0. The zero-order valence-corrected chi connectivity index (χ0v) is 15.8. The molecule has 6 nitrogen and oxygen atoms in total. The van der Waals surface area contributed by atoms with E-state index in [1.54, 1.807) is 7.11 Å². The summed E-state index contributed by atoms with van der Waals surface area (Å²) in [5.41, 5.74) is 1.85. The van der Waals surface area contributed by atoms with Gasteiger partial charge in [-0.2, -0.15) is 0 Å². The van der Waals surface area contributed by atoms with Crippen molar-refractivity contribution in [1.29, 1.82) is 0 Å². The largest absolute Gasteiger partial charge is 0.497 e. The van der Waals surface area contributed by atoms with Gasteiger partial charge in [0, 0.05) is 12.1 Å². The highest BCUT2D eigenvalue weighted by Gasteiger charge is 2.08. The molecule has 27 heavy (non-hydrogen) atoms. The Kier molecular flexibility index (Phi) is 8.16. The van der Waals surface area contributed by atoms with Crippen LogP contribution in [-0.4, -0.2) is 32.1 Å². The number of carbonyl (C=O) groups excluding carboxylic acids is 2. The van der Waals surface area contributed by atoms with Gasteiger partial charge in [-0.25, -0.2) is 0 Å². The summed E-state index contributed by atoms with van der Waals surface area (Å²) in [6, 6.07) is 14.9. The highest BCUT2D eigenvalue weighted by Crippen LogP contribution is 2.17.